The molecule has 0 atom stereocenters. The predicted molar refractivity (Wildman–Crippen MR) is 69.0 cm³/mol. The first-order valence-electron chi connectivity index (χ1n) is 5.91. The first-order chi connectivity index (χ1) is 9.06. The zero-order valence-electron chi connectivity index (χ0n) is 10.9. The van der Waals surface area contributed by atoms with Crippen LogP contribution in [0, 0.1) is 6.57 Å². The van der Waals surface area contributed by atoms with Crippen LogP contribution in [0.15, 0.2) is 18.2 Å². The van der Waals surface area contributed by atoms with E-state index >= 15 is 0 Å². The molecule has 0 bridgehead atoms. The summed E-state index contributed by atoms with van der Waals surface area (Å²) in [6.07, 6.45) is 0.750. The standard InChI is InChI=1S/C14H15NO4/c1-4-18-14(17)8-6-11-5-7-13(19-10(2)16)12(9-11)15-3/h5,7,9H,4,6,8H2,1-2H3. The average molecular weight is 261 g/mol. The first kappa shape index (κ1) is 14.7. The fourth-order valence-corrected chi connectivity index (χ4v) is 1.53. The monoisotopic (exact) mass is 261 g/mol. The molecule has 0 heterocycles. The smallest absolute Gasteiger partial charge is 0.306 e. The summed E-state index contributed by atoms with van der Waals surface area (Å²) in [6, 6.07) is 4.91. The summed E-state index contributed by atoms with van der Waals surface area (Å²) in [5.41, 5.74) is 1.09. The van der Waals surface area contributed by atoms with Gasteiger partial charge in [-0.2, -0.15) is 0 Å². The zero-order chi connectivity index (χ0) is 14.3. The van der Waals surface area contributed by atoms with Crippen LogP contribution < -0.4 is 4.74 Å². The zero-order valence-corrected chi connectivity index (χ0v) is 10.9. The second-order valence-electron chi connectivity index (χ2n) is 3.81. The maximum Gasteiger partial charge on any atom is 0.306 e. The van der Waals surface area contributed by atoms with Gasteiger partial charge in [0.15, 0.2) is 0 Å². The quantitative estimate of drug-likeness (QED) is 0.464. The highest BCUT2D eigenvalue weighted by molar-refractivity contribution is 5.73. The number of rotatable bonds is 5. The highest BCUT2D eigenvalue weighted by Crippen LogP contribution is 2.29. The summed E-state index contributed by atoms with van der Waals surface area (Å²) < 4.78 is 9.74. The van der Waals surface area contributed by atoms with Gasteiger partial charge in [-0.05, 0) is 25.5 Å². The number of ether oxygens (including phenoxy) is 2. The van der Waals surface area contributed by atoms with E-state index < -0.39 is 5.97 Å². The summed E-state index contributed by atoms with van der Waals surface area (Å²) in [6.45, 7) is 10.4. The minimum Gasteiger partial charge on any atom is -0.466 e. The normalized spacial score (nSPS) is 9.53. The topological polar surface area (TPSA) is 57.0 Å². The molecule has 1 rings (SSSR count). The van der Waals surface area contributed by atoms with Gasteiger partial charge < -0.3 is 9.47 Å². The molecular formula is C14H15NO4. The van der Waals surface area contributed by atoms with Crippen LogP contribution in [0.4, 0.5) is 5.69 Å². The molecule has 0 aliphatic carbocycles. The highest BCUT2D eigenvalue weighted by atomic mass is 16.5. The van der Waals surface area contributed by atoms with Crippen LogP contribution in [0.3, 0.4) is 0 Å². The molecule has 0 unspecified atom stereocenters. The van der Waals surface area contributed by atoms with E-state index in [-0.39, 0.29) is 23.8 Å². The minimum absolute atomic E-state index is 0.238. The summed E-state index contributed by atoms with van der Waals surface area (Å²) >= 11 is 0. The lowest BCUT2D eigenvalue weighted by atomic mass is 10.1. The Morgan fingerprint density at radius 3 is 2.68 bits per heavy atom. The second-order valence-corrected chi connectivity index (χ2v) is 3.81. The lowest BCUT2D eigenvalue weighted by Crippen LogP contribution is -2.05. The third kappa shape index (κ3) is 4.80. The van der Waals surface area contributed by atoms with Crippen molar-refractivity contribution in [1.29, 1.82) is 0 Å². The third-order valence-corrected chi connectivity index (χ3v) is 2.32. The Bertz CT molecular complexity index is 517. The van der Waals surface area contributed by atoms with Crippen LogP contribution in [0.5, 0.6) is 5.75 Å². The van der Waals surface area contributed by atoms with Gasteiger partial charge in [-0.15, -0.1) is 0 Å². The van der Waals surface area contributed by atoms with Crippen LogP contribution in [0.2, 0.25) is 0 Å². The molecule has 0 aromatic heterocycles. The van der Waals surface area contributed by atoms with Gasteiger partial charge >= 0.3 is 11.9 Å². The Morgan fingerprint density at radius 1 is 1.37 bits per heavy atom. The van der Waals surface area contributed by atoms with Crippen LogP contribution in [-0.2, 0) is 20.7 Å². The SMILES string of the molecule is [C-]#[N+]c1cc(CCC(=O)OCC)ccc1OC(C)=O. The molecule has 19 heavy (non-hydrogen) atoms. The molecule has 0 N–H and O–H groups in total. The lowest BCUT2D eigenvalue weighted by Gasteiger charge is -2.06. The maximum absolute atomic E-state index is 11.2. The van der Waals surface area contributed by atoms with E-state index in [1.165, 1.54) is 6.92 Å². The van der Waals surface area contributed by atoms with Crippen molar-refractivity contribution >= 4 is 17.6 Å². The molecule has 0 amide bonds. The van der Waals surface area contributed by atoms with E-state index in [1.54, 1.807) is 25.1 Å². The fourth-order valence-electron chi connectivity index (χ4n) is 1.53. The van der Waals surface area contributed by atoms with Gasteiger partial charge in [-0.1, -0.05) is 11.6 Å². The molecule has 0 radical (unpaired) electrons. The molecule has 0 aliphatic heterocycles. The Morgan fingerprint density at radius 2 is 2.11 bits per heavy atom. The number of nitrogens with zero attached hydrogens (tertiary/aromatic N) is 1. The molecule has 1 aromatic carbocycles. The summed E-state index contributed by atoms with van der Waals surface area (Å²) in [5, 5.41) is 0. The van der Waals surface area contributed by atoms with Gasteiger partial charge in [0.2, 0.25) is 5.69 Å². The number of carbonyl (C=O) groups excluding carboxylic acids is 2. The molecule has 0 spiro atoms. The average Bonchev–Trinajstić information content (AvgIpc) is 2.37. The number of hydrogen-bond donors (Lipinski definition) is 0. The largest absolute Gasteiger partial charge is 0.466 e. The molecule has 5 nitrogen and oxygen atoms in total. The highest BCUT2D eigenvalue weighted by Gasteiger charge is 2.09. The van der Waals surface area contributed by atoms with Crippen LogP contribution in [-0.4, -0.2) is 18.5 Å². The number of esters is 2. The molecule has 0 saturated heterocycles. The first-order valence-corrected chi connectivity index (χ1v) is 5.91. The van der Waals surface area contributed by atoms with E-state index in [1.807, 2.05) is 0 Å². The molecule has 0 aliphatic rings. The van der Waals surface area contributed by atoms with E-state index in [0.29, 0.717) is 13.0 Å². The summed E-state index contributed by atoms with van der Waals surface area (Å²) in [7, 11) is 0. The minimum atomic E-state index is -0.468. The van der Waals surface area contributed by atoms with Crippen molar-refractivity contribution in [3.05, 3.63) is 35.2 Å². The summed E-state index contributed by atoms with van der Waals surface area (Å²) in [5.74, 6) is -0.498. The van der Waals surface area contributed by atoms with Crippen molar-refractivity contribution in [1.82, 2.24) is 0 Å². The van der Waals surface area contributed by atoms with E-state index in [9.17, 15) is 9.59 Å². The van der Waals surface area contributed by atoms with Crippen molar-refractivity contribution in [2.24, 2.45) is 0 Å². The Kier molecular flexibility index (Phi) is 5.55. The van der Waals surface area contributed by atoms with Crippen molar-refractivity contribution in [2.75, 3.05) is 6.61 Å². The summed E-state index contributed by atoms with van der Waals surface area (Å²) in [4.78, 5) is 25.4. The molecular weight excluding hydrogens is 246 g/mol. The Hall–Kier alpha value is -2.35. The van der Waals surface area contributed by atoms with E-state index in [2.05, 4.69) is 4.85 Å². The Labute approximate surface area is 112 Å². The molecule has 5 heteroatoms. The van der Waals surface area contributed by atoms with E-state index in [4.69, 9.17) is 16.0 Å². The van der Waals surface area contributed by atoms with Crippen LogP contribution in [0.25, 0.3) is 4.85 Å². The third-order valence-electron chi connectivity index (χ3n) is 2.32. The van der Waals surface area contributed by atoms with E-state index in [0.717, 1.165) is 5.56 Å². The maximum atomic E-state index is 11.2. The number of carbonyl (C=O) groups is 2. The number of hydrogen-bond acceptors (Lipinski definition) is 4. The molecule has 100 valence electrons. The lowest BCUT2D eigenvalue weighted by molar-refractivity contribution is -0.143. The molecule has 1 aromatic rings. The van der Waals surface area contributed by atoms with Crippen molar-refractivity contribution in [2.45, 2.75) is 26.7 Å². The van der Waals surface area contributed by atoms with Gasteiger partial charge in [0.25, 0.3) is 0 Å². The number of benzene rings is 1. The van der Waals surface area contributed by atoms with Gasteiger partial charge in [-0.3, -0.25) is 9.59 Å². The number of aryl methyl sites for hydroxylation is 1. The Balaban J connectivity index is 2.74. The van der Waals surface area contributed by atoms with Crippen molar-refractivity contribution in [3.8, 4) is 5.75 Å². The fraction of sp³-hybridized carbons (Fsp3) is 0.357. The van der Waals surface area contributed by atoms with Gasteiger partial charge in [0.1, 0.15) is 5.75 Å². The molecule has 0 fully saturated rings. The van der Waals surface area contributed by atoms with Gasteiger partial charge in [0, 0.05) is 13.3 Å². The molecule has 0 saturated carbocycles. The van der Waals surface area contributed by atoms with Crippen LogP contribution >= 0.6 is 0 Å². The van der Waals surface area contributed by atoms with Crippen molar-refractivity contribution < 1.29 is 19.1 Å². The van der Waals surface area contributed by atoms with Gasteiger partial charge in [-0.25, -0.2) is 4.85 Å². The predicted octanol–water partition coefficient (Wildman–Crippen LogP) is 2.66. The van der Waals surface area contributed by atoms with Gasteiger partial charge in [0.05, 0.1) is 13.2 Å². The van der Waals surface area contributed by atoms with Crippen LogP contribution in [0.1, 0.15) is 25.8 Å². The van der Waals surface area contributed by atoms with Crippen molar-refractivity contribution in [3.63, 3.8) is 0 Å². The second kappa shape index (κ2) is 7.17.